The quantitative estimate of drug-likeness (QED) is 0.614. The average molecular weight is 187 g/mol. The molecule has 0 N–H and O–H groups in total. The van der Waals surface area contributed by atoms with Crippen LogP contribution in [-0.2, 0) is 9.53 Å². The molecule has 0 aliphatic rings. The largest absolute Gasteiger partial charge is 0.444 e. The first-order valence-electron chi connectivity index (χ1n) is 4.19. The van der Waals surface area contributed by atoms with E-state index in [1.54, 1.807) is 27.7 Å². The van der Waals surface area contributed by atoms with E-state index in [4.69, 9.17) is 4.74 Å². The molecule has 1 amide bonds. The molecule has 0 aliphatic heterocycles. The second-order valence-electron chi connectivity index (χ2n) is 3.97. The SMILES string of the molecule is C[C@H](C=O)N(C)C(=O)OC(C)(C)C. The molecule has 0 aliphatic carbocycles. The van der Waals surface area contributed by atoms with Crippen LogP contribution in [0, 0.1) is 0 Å². The Hall–Kier alpha value is -1.06. The molecule has 0 aromatic heterocycles. The zero-order valence-corrected chi connectivity index (χ0v) is 8.83. The summed E-state index contributed by atoms with van der Waals surface area (Å²) < 4.78 is 5.05. The molecule has 1 atom stereocenters. The Labute approximate surface area is 78.9 Å². The Balaban J connectivity index is 4.19. The van der Waals surface area contributed by atoms with E-state index >= 15 is 0 Å². The van der Waals surface area contributed by atoms with Gasteiger partial charge in [-0.1, -0.05) is 0 Å². The highest BCUT2D eigenvalue weighted by Crippen LogP contribution is 2.09. The van der Waals surface area contributed by atoms with Crippen molar-refractivity contribution in [3.8, 4) is 0 Å². The van der Waals surface area contributed by atoms with Gasteiger partial charge in [-0.3, -0.25) is 0 Å². The molecule has 0 saturated heterocycles. The number of ether oxygens (including phenoxy) is 1. The number of nitrogens with zero attached hydrogens (tertiary/aromatic N) is 1. The van der Waals surface area contributed by atoms with Gasteiger partial charge >= 0.3 is 6.09 Å². The molecular formula is C9H17NO3. The van der Waals surface area contributed by atoms with Gasteiger partial charge in [-0.05, 0) is 27.7 Å². The summed E-state index contributed by atoms with van der Waals surface area (Å²) >= 11 is 0. The lowest BCUT2D eigenvalue weighted by molar-refractivity contribution is -0.111. The summed E-state index contributed by atoms with van der Waals surface area (Å²) in [5.41, 5.74) is -0.520. The van der Waals surface area contributed by atoms with Crippen molar-refractivity contribution in [2.75, 3.05) is 7.05 Å². The van der Waals surface area contributed by atoms with Crippen LogP contribution in [0.5, 0.6) is 0 Å². The van der Waals surface area contributed by atoms with Crippen LogP contribution in [-0.4, -0.2) is 36.0 Å². The predicted molar refractivity (Wildman–Crippen MR) is 49.5 cm³/mol. The van der Waals surface area contributed by atoms with Gasteiger partial charge in [0.25, 0.3) is 0 Å². The van der Waals surface area contributed by atoms with E-state index in [9.17, 15) is 9.59 Å². The van der Waals surface area contributed by atoms with Crippen LogP contribution in [0.25, 0.3) is 0 Å². The Bertz CT molecular complexity index is 196. The molecule has 0 saturated carbocycles. The number of amides is 1. The van der Waals surface area contributed by atoms with Crippen LogP contribution in [0.15, 0.2) is 0 Å². The van der Waals surface area contributed by atoms with E-state index in [0.717, 1.165) is 0 Å². The van der Waals surface area contributed by atoms with Gasteiger partial charge in [-0.2, -0.15) is 0 Å². The van der Waals surface area contributed by atoms with E-state index in [1.165, 1.54) is 11.9 Å². The minimum atomic E-state index is -0.520. The molecule has 13 heavy (non-hydrogen) atoms. The normalized spacial score (nSPS) is 13.3. The van der Waals surface area contributed by atoms with Crippen LogP contribution in [0.1, 0.15) is 27.7 Å². The van der Waals surface area contributed by atoms with Gasteiger partial charge in [-0.15, -0.1) is 0 Å². The molecule has 0 aromatic carbocycles. The predicted octanol–water partition coefficient (Wildman–Crippen LogP) is 1.44. The molecule has 0 fully saturated rings. The van der Waals surface area contributed by atoms with E-state index in [0.29, 0.717) is 6.29 Å². The Morgan fingerprint density at radius 3 is 2.23 bits per heavy atom. The van der Waals surface area contributed by atoms with Gasteiger partial charge in [0.1, 0.15) is 11.9 Å². The first-order chi connectivity index (χ1) is 5.78. The van der Waals surface area contributed by atoms with Crippen molar-refractivity contribution < 1.29 is 14.3 Å². The maximum Gasteiger partial charge on any atom is 0.410 e. The van der Waals surface area contributed by atoms with E-state index in [-0.39, 0.29) is 0 Å². The second kappa shape index (κ2) is 4.25. The average Bonchev–Trinajstić information content (AvgIpc) is 1.98. The molecule has 0 unspecified atom stereocenters. The highest BCUT2D eigenvalue weighted by atomic mass is 16.6. The zero-order valence-electron chi connectivity index (χ0n) is 8.83. The minimum absolute atomic E-state index is 0.449. The summed E-state index contributed by atoms with van der Waals surface area (Å²) in [4.78, 5) is 22.9. The topological polar surface area (TPSA) is 46.6 Å². The summed E-state index contributed by atoms with van der Waals surface area (Å²) in [6.07, 6.45) is 0.219. The van der Waals surface area contributed by atoms with Gasteiger partial charge in [0.05, 0.1) is 6.04 Å². The Morgan fingerprint density at radius 2 is 1.92 bits per heavy atom. The van der Waals surface area contributed by atoms with Crippen LogP contribution >= 0.6 is 0 Å². The fourth-order valence-electron chi connectivity index (χ4n) is 0.591. The summed E-state index contributed by atoms with van der Waals surface area (Å²) in [6.45, 7) is 6.98. The fourth-order valence-corrected chi connectivity index (χ4v) is 0.591. The van der Waals surface area contributed by atoms with Crippen molar-refractivity contribution >= 4 is 12.4 Å². The molecule has 0 radical (unpaired) electrons. The maximum absolute atomic E-state index is 11.3. The monoisotopic (exact) mass is 187 g/mol. The molecule has 0 bridgehead atoms. The number of rotatable bonds is 2. The van der Waals surface area contributed by atoms with E-state index in [1.807, 2.05) is 0 Å². The molecule has 0 rings (SSSR count). The smallest absolute Gasteiger partial charge is 0.410 e. The first-order valence-corrected chi connectivity index (χ1v) is 4.19. The minimum Gasteiger partial charge on any atom is -0.444 e. The van der Waals surface area contributed by atoms with Crippen LogP contribution < -0.4 is 0 Å². The lowest BCUT2D eigenvalue weighted by Crippen LogP contribution is -2.40. The molecular weight excluding hydrogens is 170 g/mol. The first kappa shape index (κ1) is 11.9. The summed E-state index contributed by atoms with van der Waals surface area (Å²) in [5.74, 6) is 0. The fraction of sp³-hybridized carbons (Fsp3) is 0.778. The number of aldehydes is 1. The summed E-state index contributed by atoms with van der Waals surface area (Å²) in [7, 11) is 1.53. The standard InChI is InChI=1S/C9H17NO3/c1-7(6-11)10(5)8(12)13-9(2,3)4/h6-7H,1-5H3/t7-/m1/s1. The molecule has 76 valence electrons. The molecule has 0 heterocycles. The third-order valence-electron chi connectivity index (χ3n) is 1.49. The lowest BCUT2D eigenvalue weighted by Gasteiger charge is -2.26. The molecule has 4 nitrogen and oxygen atoms in total. The van der Waals surface area contributed by atoms with Gasteiger partial charge in [0, 0.05) is 7.05 Å². The summed E-state index contributed by atoms with van der Waals surface area (Å²) in [5, 5.41) is 0. The molecule has 4 heteroatoms. The zero-order chi connectivity index (χ0) is 10.6. The van der Waals surface area contributed by atoms with Crippen molar-refractivity contribution in [3.05, 3.63) is 0 Å². The third kappa shape index (κ3) is 4.50. The van der Waals surface area contributed by atoms with Gasteiger partial charge in [-0.25, -0.2) is 4.79 Å². The van der Waals surface area contributed by atoms with Gasteiger partial charge in [0.15, 0.2) is 0 Å². The van der Waals surface area contributed by atoms with Crippen molar-refractivity contribution in [2.24, 2.45) is 0 Å². The van der Waals surface area contributed by atoms with Crippen LogP contribution in [0.4, 0.5) is 4.79 Å². The molecule has 0 aromatic rings. The Morgan fingerprint density at radius 1 is 1.46 bits per heavy atom. The maximum atomic E-state index is 11.3. The van der Waals surface area contributed by atoms with E-state index in [2.05, 4.69) is 0 Å². The van der Waals surface area contributed by atoms with Crippen LogP contribution in [0.3, 0.4) is 0 Å². The number of carbonyl (C=O) groups excluding carboxylic acids is 2. The number of likely N-dealkylation sites (N-methyl/N-ethyl adjacent to an activating group) is 1. The number of hydrogen-bond acceptors (Lipinski definition) is 3. The Kier molecular flexibility index (Phi) is 3.91. The van der Waals surface area contributed by atoms with E-state index < -0.39 is 17.7 Å². The van der Waals surface area contributed by atoms with Crippen molar-refractivity contribution in [3.63, 3.8) is 0 Å². The van der Waals surface area contributed by atoms with Crippen molar-refractivity contribution in [1.82, 2.24) is 4.90 Å². The van der Waals surface area contributed by atoms with Gasteiger partial charge in [0.2, 0.25) is 0 Å². The van der Waals surface area contributed by atoms with Crippen LogP contribution in [0.2, 0.25) is 0 Å². The molecule has 0 spiro atoms. The lowest BCUT2D eigenvalue weighted by atomic mass is 10.2. The highest BCUT2D eigenvalue weighted by Gasteiger charge is 2.22. The van der Waals surface area contributed by atoms with Gasteiger partial charge < -0.3 is 14.4 Å². The van der Waals surface area contributed by atoms with Crippen molar-refractivity contribution in [2.45, 2.75) is 39.3 Å². The third-order valence-corrected chi connectivity index (χ3v) is 1.49. The second-order valence-corrected chi connectivity index (χ2v) is 3.97. The summed E-state index contributed by atoms with van der Waals surface area (Å²) in [6, 6.07) is -0.449. The van der Waals surface area contributed by atoms with Crippen molar-refractivity contribution in [1.29, 1.82) is 0 Å². The number of carbonyl (C=O) groups is 2. The number of hydrogen-bond donors (Lipinski definition) is 0. The highest BCUT2D eigenvalue weighted by molar-refractivity contribution is 5.73.